The number of aliphatic carboxylic acids is 1. The van der Waals surface area contributed by atoms with Crippen LogP contribution < -0.4 is 0 Å². The number of carboxylic acid groups (broad SMARTS) is 1. The maximum Gasteiger partial charge on any atom is 0.351 e. The van der Waals surface area contributed by atoms with Crippen molar-refractivity contribution in [2.24, 2.45) is 5.16 Å². The third-order valence-corrected chi connectivity index (χ3v) is 3.42. The molecule has 0 fully saturated rings. The lowest BCUT2D eigenvalue weighted by molar-refractivity contribution is -0.175. The van der Waals surface area contributed by atoms with Gasteiger partial charge < -0.3 is 19.8 Å². The van der Waals surface area contributed by atoms with E-state index in [1.165, 1.54) is 6.07 Å². The zero-order valence-corrected chi connectivity index (χ0v) is 14.1. The number of carbonyl (C=O) groups is 2. The van der Waals surface area contributed by atoms with Gasteiger partial charge in [-0.2, -0.15) is 0 Å². The minimum Gasteiger partial charge on any atom is -0.508 e. The minimum absolute atomic E-state index is 0.0488. The van der Waals surface area contributed by atoms with Crippen LogP contribution in [-0.2, 0) is 19.2 Å². The Morgan fingerprint density at radius 2 is 2.00 bits per heavy atom. The molecular weight excluding hydrogens is 314 g/mol. The Bertz CT molecular complexity index is 683. The highest BCUT2D eigenvalue weighted by Crippen LogP contribution is 2.32. The zero-order valence-electron chi connectivity index (χ0n) is 14.1. The van der Waals surface area contributed by atoms with Crippen molar-refractivity contribution in [3.63, 3.8) is 0 Å². The van der Waals surface area contributed by atoms with E-state index < -0.39 is 29.6 Å². The SMILES string of the molecule is Cc1cc(O)cc(C2=NOC(CC(=O)OC(C)(C)C)(C(=O)O)C2)c1. The van der Waals surface area contributed by atoms with Crippen molar-refractivity contribution in [1.82, 2.24) is 0 Å². The van der Waals surface area contributed by atoms with Gasteiger partial charge in [0.2, 0.25) is 5.60 Å². The van der Waals surface area contributed by atoms with E-state index in [-0.39, 0.29) is 12.2 Å². The van der Waals surface area contributed by atoms with Gasteiger partial charge in [0.1, 0.15) is 11.4 Å². The second-order valence-corrected chi connectivity index (χ2v) is 6.93. The van der Waals surface area contributed by atoms with Crippen LogP contribution in [0.2, 0.25) is 0 Å². The van der Waals surface area contributed by atoms with E-state index in [2.05, 4.69) is 5.16 Å². The molecule has 0 aromatic heterocycles. The largest absolute Gasteiger partial charge is 0.508 e. The van der Waals surface area contributed by atoms with Gasteiger partial charge in [0, 0.05) is 12.0 Å². The minimum atomic E-state index is -1.79. The first-order chi connectivity index (χ1) is 11.0. The Balaban J connectivity index is 2.20. The van der Waals surface area contributed by atoms with Gasteiger partial charge >= 0.3 is 11.9 Å². The smallest absolute Gasteiger partial charge is 0.351 e. The van der Waals surface area contributed by atoms with Gasteiger partial charge in [0.15, 0.2) is 0 Å². The standard InChI is InChI=1S/C17H21NO6/c1-10-5-11(7-12(19)6-10)13-8-17(15(21)22,24-18-13)9-14(20)23-16(2,3)4/h5-7,19H,8-9H2,1-4H3,(H,21,22). The predicted octanol–water partition coefficient (Wildman–Crippen LogP) is 2.38. The first-order valence-corrected chi connectivity index (χ1v) is 7.52. The summed E-state index contributed by atoms with van der Waals surface area (Å²) in [5.41, 5.74) is -0.800. The molecule has 7 heteroatoms. The highest BCUT2D eigenvalue weighted by atomic mass is 16.7. The summed E-state index contributed by atoms with van der Waals surface area (Å²) in [6, 6.07) is 4.80. The van der Waals surface area contributed by atoms with Gasteiger partial charge in [-0.3, -0.25) is 4.79 Å². The van der Waals surface area contributed by atoms with Crippen molar-refractivity contribution in [3.8, 4) is 5.75 Å². The third kappa shape index (κ3) is 4.04. The number of benzene rings is 1. The molecule has 7 nitrogen and oxygen atoms in total. The molecule has 0 bridgehead atoms. The van der Waals surface area contributed by atoms with Gasteiger partial charge in [0.25, 0.3) is 0 Å². The van der Waals surface area contributed by atoms with Crippen LogP contribution >= 0.6 is 0 Å². The van der Waals surface area contributed by atoms with E-state index in [9.17, 15) is 19.8 Å². The normalized spacial score (nSPS) is 20.2. The van der Waals surface area contributed by atoms with Crippen LogP contribution in [0.5, 0.6) is 5.75 Å². The molecule has 1 heterocycles. The van der Waals surface area contributed by atoms with Crippen molar-refractivity contribution in [1.29, 1.82) is 0 Å². The number of phenolic OH excluding ortho intramolecular Hbond substituents is 1. The molecular formula is C17H21NO6. The summed E-state index contributed by atoms with van der Waals surface area (Å²) in [6.07, 6.45) is -0.547. The van der Waals surface area contributed by atoms with Crippen molar-refractivity contribution in [3.05, 3.63) is 29.3 Å². The Kier molecular flexibility index (Phi) is 4.55. The van der Waals surface area contributed by atoms with E-state index in [0.717, 1.165) is 5.56 Å². The number of carbonyl (C=O) groups excluding carboxylic acids is 1. The lowest BCUT2D eigenvalue weighted by Crippen LogP contribution is -2.42. The first kappa shape index (κ1) is 17.8. The molecule has 0 amide bonds. The number of carboxylic acids is 1. The number of hydrogen-bond acceptors (Lipinski definition) is 6. The van der Waals surface area contributed by atoms with Crippen LogP contribution in [0.3, 0.4) is 0 Å². The predicted molar refractivity (Wildman–Crippen MR) is 85.9 cm³/mol. The van der Waals surface area contributed by atoms with Crippen LogP contribution in [0, 0.1) is 6.92 Å². The summed E-state index contributed by atoms with van der Waals surface area (Å²) in [5, 5.41) is 23.0. The summed E-state index contributed by atoms with van der Waals surface area (Å²) in [4.78, 5) is 28.8. The number of hydrogen-bond donors (Lipinski definition) is 2. The fourth-order valence-electron chi connectivity index (χ4n) is 2.46. The molecule has 1 aliphatic rings. The number of aromatic hydroxyl groups is 1. The molecule has 2 N–H and O–H groups in total. The molecule has 1 aromatic rings. The Labute approximate surface area is 139 Å². The summed E-state index contributed by atoms with van der Waals surface area (Å²) in [7, 11) is 0. The first-order valence-electron chi connectivity index (χ1n) is 7.52. The quantitative estimate of drug-likeness (QED) is 0.818. The maximum atomic E-state index is 12.0. The fraction of sp³-hybridized carbons (Fsp3) is 0.471. The van der Waals surface area contributed by atoms with Crippen LogP contribution in [0.25, 0.3) is 0 Å². The summed E-state index contributed by atoms with van der Waals surface area (Å²) >= 11 is 0. The molecule has 0 saturated heterocycles. The number of phenols is 1. The van der Waals surface area contributed by atoms with E-state index in [4.69, 9.17) is 9.57 Å². The molecule has 0 radical (unpaired) electrons. The highest BCUT2D eigenvalue weighted by Gasteiger charge is 2.49. The van der Waals surface area contributed by atoms with E-state index in [1.807, 2.05) is 0 Å². The van der Waals surface area contributed by atoms with E-state index in [0.29, 0.717) is 11.3 Å². The van der Waals surface area contributed by atoms with Crippen LogP contribution in [0.1, 0.15) is 44.7 Å². The maximum absolute atomic E-state index is 12.0. The van der Waals surface area contributed by atoms with Crippen molar-refractivity contribution < 1.29 is 29.4 Å². The second-order valence-electron chi connectivity index (χ2n) is 6.93. The van der Waals surface area contributed by atoms with Crippen molar-refractivity contribution in [2.45, 2.75) is 51.7 Å². The van der Waals surface area contributed by atoms with E-state index in [1.54, 1.807) is 39.8 Å². The summed E-state index contributed by atoms with van der Waals surface area (Å²) in [6.45, 7) is 6.90. The highest BCUT2D eigenvalue weighted by molar-refractivity contribution is 6.05. The number of rotatable bonds is 4. The van der Waals surface area contributed by atoms with Crippen LogP contribution in [0.15, 0.2) is 23.4 Å². The molecule has 1 aliphatic heterocycles. The topological polar surface area (TPSA) is 105 Å². The van der Waals surface area contributed by atoms with Gasteiger partial charge in [-0.1, -0.05) is 5.16 Å². The van der Waals surface area contributed by atoms with Gasteiger partial charge in [-0.05, 0) is 51.5 Å². The molecule has 24 heavy (non-hydrogen) atoms. The summed E-state index contributed by atoms with van der Waals surface area (Å²) in [5.74, 6) is -1.91. The molecule has 1 aromatic carbocycles. The number of aryl methyl sites for hydroxylation is 1. The Hall–Kier alpha value is -2.57. The number of ether oxygens (including phenoxy) is 1. The van der Waals surface area contributed by atoms with Gasteiger partial charge in [-0.15, -0.1) is 0 Å². The average molecular weight is 335 g/mol. The van der Waals surface area contributed by atoms with Crippen molar-refractivity contribution >= 4 is 17.7 Å². The molecule has 1 atom stereocenters. The number of esters is 1. The fourth-order valence-corrected chi connectivity index (χ4v) is 2.46. The molecule has 130 valence electrons. The van der Waals surface area contributed by atoms with Crippen molar-refractivity contribution in [2.75, 3.05) is 0 Å². The van der Waals surface area contributed by atoms with E-state index >= 15 is 0 Å². The van der Waals surface area contributed by atoms with Gasteiger partial charge in [-0.25, -0.2) is 4.79 Å². The number of nitrogens with zero attached hydrogens (tertiary/aromatic N) is 1. The molecule has 0 spiro atoms. The molecule has 0 aliphatic carbocycles. The lowest BCUT2D eigenvalue weighted by atomic mass is 9.90. The zero-order chi connectivity index (χ0) is 18.1. The lowest BCUT2D eigenvalue weighted by Gasteiger charge is -2.24. The third-order valence-electron chi connectivity index (χ3n) is 3.42. The Morgan fingerprint density at radius 1 is 1.33 bits per heavy atom. The monoisotopic (exact) mass is 335 g/mol. The molecule has 0 saturated carbocycles. The average Bonchev–Trinajstić information content (AvgIpc) is 2.80. The molecule has 1 unspecified atom stereocenters. The van der Waals surface area contributed by atoms with Crippen LogP contribution in [0.4, 0.5) is 0 Å². The van der Waals surface area contributed by atoms with Gasteiger partial charge in [0.05, 0.1) is 12.1 Å². The van der Waals surface area contributed by atoms with Crippen LogP contribution in [-0.4, -0.2) is 39.1 Å². The number of oxime groups is 1. The second kappa shape index (κ2) is 6.14. The Morgan fingerprint density at radius 3 is 2.54 bits per heavy atom. The molecule has 2 rings (SSSR count). The summed E-state index contributed by atoms with van der Waals surface area (Å²) < 4.78 is 5.18.